The Bertz CT molecular complexity index is 2160. The van der Waals surface area contributed by atoms with Gasteiger partial charge in [0.05, 0.1) is 27.7 Å². The van der Waals surface area contributed by atoms with Gasteiger partial charge in [0.2, 0.25) is 0 Å². The van der Waals surface area contributed by atoms with Crippen molar-refractivity contribution in [3.8, 4) is 0 Å². The third-order valence-electron chi connectivity index (χ3n) is 15.2. The van der Waals surface area contributed by atoms with Crippen molar-refractivity contribution >= 4 is 19.8 Å². The lowest BCUT2D eigenvalue weighted by atomic mass is 10.0. The average molecular weight is 1300 g/mol. The fourth-order valence-electron chi connectivity index (χ4n) is 9.62. The summed E-state index contributed by atoms with van der Waals surface area (Å²) in [6.07, 6.45) is 107. The van der Waals surface area contributed by atoms with Crippen LogP contribution >= 0.6 is 7.82 Å². The Labute approximate surface area is 566 Å². The number of phosphoric acid groups is 1. The third kappa shape index (κ3) is 74.4. The fourth-order valence-corrected chi connectivity index (χ4v) is 10.4. The van der Waals surface area contributed by atoms with Gasteiger partial charge in [-0.1, -0.05) is 306 Å². The van der Waals surface area contributed by atoms with Crippen molar-refractivity contribution < 1.29 is 42.1 Å². The van der Waals surface area contributed by atoms with Gasteiger partial charge in [0.1, 0.15) is 19.8 Å². The maximum atomic E-state index is 12.9. The minimum absolute atomic E-state index is 0.0209. The summed E-state index contributed by atoms with van der Waals surface area (Å²) in [7, 11) is 1.45. The second kappa shape index (κ2) is 70.7. The van der Waals surface area contributed by atoms with Crippen molar-refractivity contribution in [2.75, 3.05) is 47.5 Å². The van der Waals surface area contributed by atoms with Gasteiger partial charge in [-0.15, -0.1) is 0 Å². The van der Waals surface area contributed by atoms with E-state index < -0.39 is 26.5 Å². The molecule has 0 aromatic rings. The number of nitrogens with zero attached hydrogens (tertiary/aromatic N) is 1. The summed E-state index contributed by atoms with van der Waals surface area (Å²) in [5, 5.41) is 0. The maximum absolute atomic E-state index is 12.9. The number of hydrogen-bond donors (Lipinski definition) is 1. The zero-order valence-electron chi connectivity index (χ0n) is 59.5. The molecule has 0 aromatic carbocycles. The molecule has 0 amide bonds. The lowest BCUT2D eigenvalue weighted by molar-refractivity contribution is -0.870. The van der Waals surface area contributed by atoms with Gasteiger partial charge in [-0.05, 0) is 135 Å². The Morgan fingerprint density at radius 1 is 0.348 bits per heavy atom. The van der Waals surface area contributed by atoms with E-state index in [9.17, 15) is 19.0 Å². The smallest absolute Gasteiger partial charge is 0.462 e. The molecule has 0 aliphatic heterocycles. The lowest BCUT2D eigenvalue weighted by Gasteiger charge is -2.24. The molecular weight excluding hydrogens is 1160 g/mol. The van der Waals surface area contributed by atoms with Crippen LogP contribution in [0.4, 0.5) is 0 Å². The molecule has 0 fully saturated rings. The van der Waals surface area contributed by atoms with Crippen molar-refractivity contribution in [2.24, 2.45) is 0 Å². The number of likely N-dealkylation sites (N-methyl/N-ethyl adjacent to an activating group) is 1. The van der Waals surface area contributed by atoms with E-state index >= 15 is 0 Å². The highest BCUT2D eigenvalue weighted by Gasteiger charge is 2.27. The molecule has 0 aliphatic rings. The van der Waals surface area contributed by atoms with Gasteiger partial charge in [0, 0.05) is 12.8 Å². The molecule has 0 saturated heterocycles. The van der Waals surface area contributed by atoms with Gasteiger partial charge in [-0.2, -0.15) is 0 Å². The fraction of sp³-hybridized carbons (Fsp3) is 0.634. The van der Waals surface area contributed by atoms with Crippen LogP contribution in [0.5, 0.6) is 0 Å². The molecule has 2 unspecified atom stereocenters. The zero-order valence-corrected chi connectivity index (χ0v) is 60.4. The van der Waals surface area contributed by atoms with Crippen molar-refractivity contribution in [1.29, 1.82) is 0 Å². The third-order valence-corrected chi connectivity index (χ3v) is 16.2. The zero-order chi connectivity index (χ0) is 66.9. The number of phosphoric ester groups is 1. The monoisotopic (exact) mass is 1300 g/mol. The quantitative estimate of drug-likeness (QED) is 0.0211. The van der Waals surface area contributed by atoms with Crippen LogP contribution in [0.2, 0.25) is 0 Å². The number of hydrogen-bond acceptors (Lipinski definition) is 7. The molecule has 0 aromatic heterocycles. The molecule has 0 heterocycles. The largest absolute Gasteiger partial charge is 0.472 e. The van der Waals surface area contributed by atoms with E-state index in [0.29, 0.717) is 17.4 Å². The highest BCUT2D eigenvalue weighted by atomic mass is 31.2. The van der Waals surface area contributed by atoms with Gasteiger partial charge in [0.25, 0.3) is 0 Å². The first-order valence-electron chi connectivity index (χ1n) is 36.9. The average Bonchev–Trinajstić information content (AvgIpc) is 2.23. The van der Waals surface area contributed by atoms with Gasteiger partial charge in [-0.25, -0.2) is 4.57 Å². The molecule has 1 N–H and O–H groups in total. The molecule has 0 saturated carbocycles. The molecule has 0 radical (unpaired) electrons. The summed E-state index contributed by atoms with van der Waals surface area (Å²) in [5.74, 6) is -0.818. The van der Waals surface area contributed by atoms with Crippen molar-refractivity contribution in [3.63, 3.8) is 0 Å². The van der Waals surface area contributed by atoms with Crippen LogP contribution in [0, 0.1) is 0 Å². The predicted molar refractivity (Wildman–Crippen MR) is 399 cm³/mol. The standard InChI is InChI=1S/C82H136NO8P/c1-6-8-10-12-14-16-18-20-22-24-26-28-30-32-34-35-36-37-38-39-40-41-42-43-44-45-46-47-49-51-53-55-57-59-61-63-65-67-69-71-73-75-82(85)91-80(79-90-92(86,87)89-77-76-83(3,4)5)78-88-81(84)74-72-70-68-66-64-62-60-58-56-54-52-50-48-33-31-29-27-25-23-21-19-17-15-13-11-9-7-2/h8,10,14,16,19-22,25-28,31-34,36-37,39-40,42-43,45-46,49,51,55,57,80H,6-7,9,11-13,15,17-18,23-24,29-30,35,38,41,44,47-48,50,52-54,56,58-79H2,1-5H3/p+1/b10-8-,16-14-,21-19-,22-20-,27-25-,28-26-,33-31-,34-32-,37-36-,40-39-,43-42-,46-45-,51-49-,57-55-. The molecular formula is C82H137NO8P+. The predicted octanol–water partition coefficient (Wildman–Crippen LogP) is 24.5. The van der Waals surface area contributed by atoms with E-state index in [4.69, 9.17) is 18.5 Å². The molecule has 0 aliphatic carbocycles. The second-order valence-electron chi connectivity index (χ2n) is 25.2. The van der Waals surface area contributed by atoms with E-state index in [1.165, 1.54) is 122 Å². The summed E-state index contributed by atoms with van der Waals surface area (Å²) in [6, 6.07) is 0. The van der Waals surface area contributed by atoms with Crippen LogP contribution in [0.15, 0.2) is 170 Å². The summed E-state index contributed by atoms with van der Waals surface area (Å²) < 4.78 is 34.7. The number of quaternary nitrogens is 1. The Morgan fingerprint density at radius 2 is 0.620 bits per heavy atom. The number of carbonyl (C=O) groups is 2. The van der Waals surface area contributed by atoms with Gasteiger partial charge >= 0.3 is 19.8 Å². The second-order valence-corrected chi connectivity index (χ2v) is 26.7. The molecule has 0 bridgehead atoms. The van der Waals surface area contributed by atoms with Crippen molar-refractivity contribution in [1.82, 2.24) is 0 Å². The SMILES string of the molecule is CC/C=C\C/C=C\C/C=C\C/C=C\C/C=C\C/C=C\C/C=C\C/C=C\C/C=C\C/C=C\C/C=C\CCCCCCCCCC(=O)OC(COC(=O)CCCCCCCCCCCCCC/C=C\C/C=C\C/C=C\CCCCCCC)COP(=O)(O)OCC[N+](C)(C)C. The Kier molecular flexibility index (Phi) is 67.1. The van der Waals surface area contributed by atoms with E-state index in [1.807, 2.05) is 21.1 Å². The minimum Gasteiger partial charge on any atom is -0.462 e. The Morgan fingerprint density at radius 3 is 0.924 bits per heavy atom. The van der Waals surface area contributed by atoms with Crippen LogP contribution < -0.4 is 0 Å². The summed E-state index contributed by atoms with van der Waals surface area (Å²) >= 11 is 0. The maximum Gasteiger partial charge on any atom is 0.472 e. The molecule has 92 heavy (non-hydrogen) atoms. The summed E-state index contributed by atoms with van der Waals surface area (Å²) in [6.45, 7) is 4.29. The van der Waals surface area contributed by atoms with Crippen LogP contribution in [0.25, 0.3) is 0 Å². The van der Waals surface area contributed by atoms with E-state index in [1.54, 1.807) is 0 Å². The highest BCUT2D eigenvalue weighted by Crippen LogP contribution is 2.43. The van der Waals surface area contributed by atoms with Crippen LogP contribution in [0.1, 0.15) is 284 Å². The number of esters is 2. The van der Waals surface area contributed by atoms with E-state index in [-0.39, 0.29) is 32.0 Å². The summed E-state index contributed by atoms with van der Waals surface area (Å²) in [5.41, 5.74) is 0. The molecule has 9 nitrogen and oxygen atoms in total. The van der Waals surface area contributed by atoms with E-state index in [2.05, 4.69) is 184 Å². The number of rotatable bonds is 66. The van der Waals surface area contributed by atoms with Gasteiger partial charge < -0.3 is 18.9 Å². The first kappa shape index (κ1) is 87.4. The first-order valence-corrected chi connectivity index (χ1v) is 38.4. The Hall–Kier alpha value is -4.63. The van der Waals surface area contributed by atoms with Crippen LogP contribution in [0.3, 0.4) is 0 Å². The molecule has 522 valence electrons. The number of allylic oxidation sites excluding steroid dienone is 28. The normalized spacial score (nSPS) is 14.1. The van der Waals surface area contributed by atoms with Gasteiger partial charge in [-0.3, -0.25) is 18.6 Å². The number of carbonyl (C=O) groups excluding carboxylic acids is 2. The van der Waals surface area contributed by atoms with Crippen LogP contribution in [-0.4, -0.2) is 74.9 Å². The Balaban J connectivity index is 4.13. The number of ether oxygens (including phenoxy) is 2. The van der Waals surface area contributed by atoms with Crippen LogP contribution in [-0.2, 0) is 32.7 Å². The highest BCUT2D eigenvalue weighted by molar-refractivity contribution is 7.47. The molecule has 10 heteroatoms. The first-order chi connectivity index (χ1) is 45.0. The lowest BCUT2D eigenvalue weighted by Crippen LogP contribution is -2.37. The minimum atomic E-state index is -4.41. The van der Waals surface area contributed by atoms with E-state index in [0.717, 1.165) is 128 Å². The summed E-state index contributed by atoms with van der Waals surface area (Å²) in [4.78, 5) is 35.9. The van der Waals surface area contributed by atoms with Crippen molar-refractivity contribution in [2.45, 2.75) is 290 Å². The topological polar surface area (TPSA) is 108 Å². The number of unbranched alkanes of at least 4 members (excludes halogenated alkanes) is 24. The molecule has 2 atom stereocenters. The molecule has 0 spiro atoms. The van der Waals surface area contributed by atoms with Crippen molar-refractivity contribution in [3.05, 3.63) is 170 Å². The van der Waals surface area contributed by atoms with Gasteiger partial charge in [0.15, 0.2) is 6.10 Å². The molecule has 0 rings (SSSR count).